The first-order chi connectivity index (χ1) is 8.31. The number of nitrogens with zero attached hydrogens (tertiary/aromatic N) is 1. The summed E-state index contributed by atoms with van der Waals surface area (Å²) in [5, 5.41) is 3.41. The SMILES string of the molecule is C/C(=C\C(Cl)=C/CC1(C(F)(F)F)CC=NO1)CCl. The van der Waals surface area contributed by atoms with E-state index in [9.17, 15) is 13.2 Å². The molecule has 0 saturated heterocycles. The molecule has 7 heteroatoms. The highest BCUT2D eigenvalue weighted by atomic mass is 35.5. The van der Waals surface area contributed by atoms with Gasteiger partial charge in [-0.2, -0.15) is 13.2 Å². The van der Waals surface area contributed by atoms with Gasteiger partial charge in [-0.3, -0.25) is 0 Å². The molecule has 1 aliphatic rings. The first-order valence-corrected chi connectivity index (χ1v) is 6.07. The fraction of sp³-hybridized carbons (Fsp3) is 0.545. The van der Waals surface area contributed by atoms with Gasteiger partial charge < -0.3 is 4.84 Å². The van der Waals surface area contributed by atoms with Crippen LogP contribution in [0.5, 0.6) is 0 Å². The van der Waals surface area contributed by atoms with Gasteiger partial charge >= 0.3 is 6.18 Å². The van der Waals surface area contributed by atoms with Crippen LogP contribution in [0.3, 0.4) is 0 Å². The summed E-state index contributed by atoms with van der Waals surface area (Å²) in [5.41, 5.74) is -1.53. The summed E-state index contributed by atoms with van der Waals surface area (Å²) in [6, 6.07) is 0. The first kappa shape index (κ1) is 15.4. The van der Waals surface area contributed by atoms with Gasteiger partial charge in [-0.1, -0.05) is 28.4 Å². The molecule has 0 N–H and O–H groups in total. The minimum atomic E-state index is -4.50. The van der Waals surface area contributed by atoms with Crippen molar-refractivity contribution in [1.82, 2.24) is 0 Å². The predicted octanol–water partition coefficient (Wildman–Crippen LogP) is 4.39. The van der Waals surface area contributed by atoms with Crippen molar-refractivity contribution in [3.8, 4) is 0 Å². The van der Waals surface area contributed by atoms with E-state index in [0.29, 0.717) is 0 Å². The van der Waals surface area contributed by atoms with E-state index in [2.05, 4.69) is 9.99 Å². The summed E-state index contributed by atoms with van der Waals surface area (Å²) >= 11 is 11.4. The maximum Gasteiger partial charge on any atom is 0.431 e. The molecule has 0 aromatic carbocycles. The van der Waals surface area contributed by atoms with E-state index in [-0.39, 0.29) is 23.8 Å². The Hall–Kier alpha value is -0.680. The summed E-state index contributed by atoms with van der Waals surface area (Å²) in [6.45, 7) is 1.73. The Labute approximate surface area is 113 Å². The fourth-order valence-electron chi connectivity index (χ4n) is 1.36. The van der Waals surface area contributed by atoms with Gasteiger partial charge in [0.05, 0.1) is 0 Å². The number of alkyl halides is 4. The zero-order valence-electron chi connectivity index (χ0n) is 9.60. The quantitative estimate of drug-likeness (QED) is 0.557. The normalized spacial score (nSPS) is 25.4. The van der Waals surface area contributed by atoms with Crippen molar-refractivity contribution in [3.05, 3.63) is 22.8 Å². The average Bonchev–Trinajstić information content (AvgIpc) is 2.75. The Morgan fingerprint density at radius 2 is 2.22 bits per heavy atom. The lowest BCUT2D eigenvalue weighted by Gasteiger charge is -2.27. The standard InChI is InChI=1S/C11H12Cl2F3NO/c1-8(7-12)6-9(13)2-3-10(11(14,15)16)4-5-17-18-10/h2,5-6H,3-4,7H2,1H3/b8-6+,9-2+. The molecule has 1 rings (SSSR count). The largest absolute Gasteiger partial charge is 0.431 e. The van der Waals surface area contributed by atoms with Crippen LogP contribution in [0.1, 0.15) is 19.8 Å². The number of rotatable bonds is 4. The third-order valence-corrected chi connectivity index (χ3v) is 3.15. The Morgan fingerprint density at radius 3 is 2.67 bits per heavy atom. The molecule has 1 heterocycles. The molecule has 0 aromatic heterocycles. The molecule has 0 amide bonds. The van der Waals surface area contributed by atoms with Crippen LogP contribution < -0.4 is 0 Å². The van der Waals surface area contributed by atoms with Crippen molar-refractivity contribution in [2.24, 2.45) is 5.16 Å². The van der Waals surface area contributed by atoms with Crippen molar-refractivity contribution >= 4 is 29.4 Å². The molecule has 2 nitrogen and oxygen atoms in total. The number of oxime groups is 1. The molecule has 1 atom stereocenters. The van der Waals surface area contributed by atoms with Crippen LogP contribution in [-0.2, 0) is 4.84 Å². The molecule has 0 saturated carbocycles. The van der Waals surface area contributed by atoms with Gasteiger partial charge in [0.2, 0.25) is 5.60 Å². The molecule has 1 aliphatic heterocycles. The van der Waals surface area contributed by atoms with Crippen molar-refractivity contribution in [2.45, 2.75) is 31.5 Å². The number of hydrogen-bond acceptors (Lipinski definition) is 2. The topological polar surface area (TPSA) is 21.6 Å². The van der Waals surface area contributed by atoms with Crippen LogP contribution in [0.25, 0.3) is 0 Å². The van der Waals surface area contributed by atoms with E-state index < -0.39 is 11.8 Å². The molecular weight excluding hydrogens is 290 g/mol. The van der Waals surface area contributed by atoms with Crippen LogP contribution >= 0.6 is 23.2 Å². The minimum Gasteiger partial charge on any atom is -0.379 e. The maximum atomic E-state index is 12.9. The lowest BCUT2D eigenvalue weighted by atomic mass is 9.95. The van der Waals surface area contributed by atoms with Crippen molar-refractivity contribution in [1.29, 1.82) is 0 Å². The third kappa shape index (κ3) is 3.65. The molecule has 102 valence electrons. The molecule has 0 fully saturated rings. The van der Waals surface area contributed by atoms with E-state index in [1.807, 2.05) is 0 Å². The summed E-state index contributed by atoms with van der Waals surface area (Å²) in [7, 11) is 0. The van der Waals surface area contributed by atoms with Gasteiger partial charge in [0, 0.05) is 30.0 Å². The second-order valence-corrected chi connectivity index (χ2v) is 4.70. The zero-order valence-corrected chi connectivity index (χ0v) is 11.1. The molecule has 0 aliphatic carbocycles. The Bertz CT molecular complexity index is 380. The van der Waals surface area contributed by atoms with Crippen molar-refractivity contribution < 1.29 is 18.0 Å². The van der Waals surface area contributed by atoms with Gasteiger partial charge in [-0.05, 0) is 13.0 Å². The van der Waals surface area contributed by atoms with Gasteiger partial charge in [0.25, 0.3) is 0 Å². The molecule has 18 heavy (non-hydrogen) atoms. The monoisotopic (exact) mass is 301 g/mol. The zero-order chi connectivity index (χ0) is 13.8. The highest BCUT2D eigenvalue weighted by molar-refractivity contribution is 6.31. The van der Waals surface area contributed by atoms with Gasteiger partial charge in [0.1, 0.15) is 0 Å². The van der Waals surface area contributed by atoms with Crippen LogP contribution in [-0.4, -0.2) is 23.9 Å². The van der Waals surface area contributed by atoms with Crippen molar-refractivity contribution in [3.63, 3.8) is 0 Å². The lowest BCUT2D eigenvalue weighted by Crippen LogP contribution is -2.44. The Morgan fingerprint density at radius 1 is 1.56 bits per heavy atom. The van der Waals surface area contributed by atoms with E-state index in [1.54, 1.807) is 6.92 Å². The second kappa shape index (κ2) is 5.97. The van der Waals surface area contributed by atoms with E-state index in [1.165, 1.54) is 12.2 Å². The van der Waals surface area contributed by atoms with Crippen LogP contribution in [0.2, 0.25) is 0 Å². The average molecular weight is 302 g/mol. The fourth-order valence-corrected chi connectivity index (χ4v) is 1.70. The summed E-state index contributed by atoms with van der Waals surface area (Å²) in [6.07, 6.45) is -1.30. The van der Waals surface area contributed by atoms with Gasteiger partial charge in [-0.25, -0.2) is 0 Å². The van der Waals surface area contributed by atoms with Gasteiger partial charge in [-0.15, -0.1) is 11.6 Å². The first-order valence-electron chi connectivity index (χ1n) is 5.16. The van der Waals surface area contributed by atoms with Crippen molar-refractivity contribution in [2.75, 3.05) is 5.88 Å². The smallest absolute Gasteiger partial charge is 0.379 e. The molecule has 0 radical (unpaired) electrons. The van der Waals surface area contributed by atoms with E-state index in [0.717, 1.165) is 11.8 Å². The molecular formula is C11H12Cl2F3NO. The number of hydrogen-bond donors (Lipinski definition) is 0. The molecule has 0 bridgehead atoms. The van der Waals surface area contributed by atoms with E-state index >= 15 is 0 Å². The second-order valence-electron chi connectivity index (χ2n) is 3.99. The summed E-state index contributed by atoms with van der Waals surface area (Å²) in [5.74, 6) is 0.272. The van der Waals surface area contributed by atoms with E-state index in [4.69, 9.17) is 23.2 Å². The summed E-state index contributed by atoms with van der Waals surface area (Å²) < 4.78 is 38.6. The van der Waals surface area contributed by atoms with Gasteiger partial charge in [0.15, 0.2) is 0 Å². The highest BCUT2D eigenvalue weighted by Gasteiger charge is 2.58. The minimum absolute atomic E-state index is 0.201. The van der Waals surface area contributed by atoms with Crippen LogP contribution in [0, 0.1) is 0 Å². The van der Waals surface area contributed by atoms with Crippen LogP contribution in [0.15, 0.2) is 27.9 Å². The third-order valence-electron chi connectivity index (χ3n) is 2.46. The highest BCUT2D eigenvalue weighted by Crippen LogP contribution is 2.41. The molecule has 0 aromatic rings. The lowest BCUT2D eigenvalue weighted by molar-refractivity contribution is -0.267. The predicted molar refractivity (Wildman–Crippen MR) is 66.0 cm³/mol. The Balaban J connectivity index is 2.79. The summed E-state index contributed by atoms with van der Waals surface area (Å²) in [4.78, 5) is 4.48. The Kier molecular flexibility index (Phi) is 5.10. The number of halogens is 5. The number of allylic oxidation sites excluding steroid dienone is 3. The maximum absolute atomic E-state index is 12.9. The molecule has 1 unspecified atom stereocenters. The van der Waals surface area contributed by atoms with Crippen LogP contribution in [0.4, 0.5) is 13.2 Å². The molecule has 0 spiro atoms.